The van der Waals surface area contributed by atoms with Crippen LogP contribution in [0.25, 0.3) is 0 Å². The third-order valence-electron chi connectivity index (χ3n) is 3.02. The summed E-state index contributed by atoms with van der Waals surface area (Å²) in [7, 11) is -5.48. The van der Waals surface area contributed by atoms with Gasteiger partial charge >= 0.3 is 11.9 Å². The molecule has 28 heavy (non-hydrogen) atoms. The highest BCUT2D eigenvalue weighted by Crippen LogP contribution is 2.27. The predicted octanol–water partition coefficient (Wildman–Crippen LogP) is 3.45. The van der Waals surface area contributed by atoms with Crippen molar-refractivity contribution in [2.75, 3.05) is 6.61 Å². The minimum absolute atomic E-state index is 0.206. The second-order valence-corrected chi connectivity index (χ2v) is 9.75. The van der Waals surface area contributed by atoms with Crippen LogP contribution in [0.2, 0.25) is 0 Å². The van der Waals surface area contributed by atoms with E-state index in [1.807, 2.05) is 73.8 Å². The maximum Gasteiger partial charge on any atom is 0.349 e. The molecule has 0 amide bonds. The maximum absolute atomic E-state index is 14.0. The predicted molar refractivity (Wildman–Crippen MR) is 115 cm³/mol. The summed E-state index contributed by atoms with van der Waals surface area (Å²) < 4.78 is 71.6. The number of benzene rings is 2. The van der Waals surface area contributed by atoms with Crippen LogP contribution >= 0.6 is 67.8 Å². The van der Waals surface area contributed by atoms with E-state index in [-0.39, 0.29) is 5.56 Å². The Kier molecular flexibility index (Phi) is 7.96. The van der Waals surface area contributed by atoms with Gasteiger partial charge in [0.15, 0.2) is 18.2 Å². The van der Waals surface area contributed by atoms with Crippen LogP contribution < -0.4 is 4.74 Å². The molecule has 0 aliphatic rings. The normalized spacial score (nSPS) is 11.2. The Morgan fingerprint density at radius 3 is 2.36 bits per heavy atom. The molecule has 0 saturated carbocycles. The van der Waals surface area contributed by atoms with Gasteiger partial charge in [-0.2, -0.15) is 0 Å². The van der Waals surface area contributed by atoms with E-state index in [1.165, 1.54) is 0 Å². The first kappa shape index (κ1) is 23.6. The molecular weight excluding hydrogens is 743 g/mol. The molecule has 0 radical (unpaired) electrons. The smallest absolute Gasteiger partial charge is 0.349 e. The minimum atomic E-state index is -5.48. The zero-order valence-electron chi connectivity index (χ0n) is 13.2. The average molecular weight is 749 g/mol. The second-order valence-electron chi connectivity index (χ2n) is 4.94. The average Bonchev–Trinajstić information content (AvgIpc) is 2.57. The summed E-state index contributed by atoms with van der Waals surface area (Å²) in [6.07, 6.45) is 0. The van der Waals surface area contributed by atoms with Crippen LogP contribution in [0.3, 0.4) is 0 Å². The van der Waals surface area contributed by atoms with Gasteiger partial charge in [-0.05, 0) is 92.0 Å². The van der Waals surface area contributed by atoms with Crippen molar-refractivity contribution < 1.29 is 40.8 Å². The molecule has 0 atom stereocenters. The number of ether oxygens (including phenoxy) is 2. The van der Waals surface area contributed by atoms with E-state index in [1.54, 1.807) is 6.07 Å². The molecule has 0 aromatic heterocycles. The largest absolute Gasteiger partial charge is 0.744 e. The lowest BCUT2D eigenvalue weighted by molar-refractivity contribution is -0.138. The van der Waals surface area contributed by atoms with Gasteiger partial charge in [-0.1, -0.05) is 0 Å². The first-order valence-electron chi connectivity index (χ1n) is 6.88. The van der Waals surface area contributed by atoms with Crippen molar-refractivity contribution in [1.82, 2.24) is 0 Å². The first-order chi connectivity index (χ1) is 12.9. The molecule has 2 aromatic carbocycles. The molecule has 150 valence electrons. The van der Waals surface area contributed by atoms with Crippen molar-refractivity contribution in [2.24, 2.45) is 0 Å². The monoisotopic (exact) mass is 749 g/mol. The Morgan fingerprint density at radius 2 is 1.75 bits per heavy atom. The summed E-state index contributed by atoms with van der Waals surface area (Å²) in [5.74, 6) is -6.56. The molecule has 0 N–H and O–H groups in total. The Hall–Kier alpha value is -0.660. The number of rotatable bonds is 5. The molecule has 0 fully saturated rings. The minimum Gasteiger partial charge on any atom is -0.744 e. The van der Waals surface area contributed by atoms with Crippen molar-refractivity contribution in [1.29, 1.82) is 0 Å². The van der Waals surface area contributed by atoms with Crippen LogP contribution in [0.1, 0.15) is 10.4 Å². The molecular formula is C15H6F2I3O7S-. The molecule has 0 bridgehead atoms. The van der Waals surface area contributed by atoms with Crippen molar-refractivity contribution >= 4 is 89.8 Å². The van der Waals surface area contributed by atoms with Crippen LogP contribution in [0.15, 0.2) is 29.2 Å². The van der Waals surface area contributed by atoms with E-state index in [2.05, 4.69) is 4.74 Å². The summed E-state index contributed by atoms with van der Waals surface area (Å²) in [4.78, 5) is 22.1. The molecule has 13 heteroatoms. The topological polar surface area (TPSA) is 110 Å². The van der Waals surface area contributed by atoms with E-state index < -0.39 is 50.9 Å². The molecule has 0 saturated heterocycles. The van der Waals surface area contributed by atoms with Gasteiger partial charge in [-0.3, -0.25) is 0 Å². The number of carbonyl (C=O) groups excluding carboxylic acids is 2. The van der Waals surface area contributed by atoms with Gasteiger partial charge in [0.25, 0.3) is 0 Å². The third kappa shape index (κ3) is 5.70. The summed E-state index contributed by atoms with van der Waals surface area (Å²) in [5.41, 5.74) is 0.206. The molecule has 7 nitrogen and oxygen atoms in total. The highest BCUT2D eigenvalue weighted by molar-refractivity contribution is 14.1. The van der Waals surface area contributed by atoms with E-state index in [9.17, 15) is 31.3 Å². The standard InChI is InChI=1S/C15H7F2I3O7S/c16-8-1-2-10(12(17)14(8)28(23,24)25)27-11(21)5-26-15(22)7-3-6(18)4-9(19)13(7)20/h1-4H,5H2,(H,23,24,25)/p-1. The molecule has 0 aliphatic heterocycles. The van der Waals surface area contributed by atoms with E-state index in [0.29, 0.717) is 15.7 Å². The van der Waals surface area contributed by atoms with E-state index in [0.717, 1.165) is 7.14 Å². The number of hydrogen-bond acceptors (Lipinski definition) is 7. The van der Waals surface area contributed by atoms with E-state index in [4.69, 9.17) is 4.74 Å². The fourth-order valence-corrected chi connectivity index (χ4v) is 4.88. The quantitative estimate of drug-likeness (QED) is 0.152. The molecule has 0 unspecified atom stereocenters. The lowest BCUT2D eigenvalue weighted by Crippen LogP contribution is -2.20. The third-order valence-corrected chi connectivity index (χ3v) is 7.56. The number of carbonyl (C=O) groups is 2. The van der Waals surface area contributed by atoms with Gasteiger partial charge in [-0.25, -0.2) is 26.8 Å². The van der Waals surface area contributed by atoms with Gasteiger partial charge in [-0.15, -0.1) is 0 Å². The van der Waals surface area contributed by atoms with Crippen LogP contribution in [-0.2, 0) is 19.6 Å². The van der Waals surface area contributed by atoms with Crippen LogP contribution in [-0.4, -0.2) is 31.5 Å². The molecule has 0 heterocycles. The van der Waals surface area contributed by atoms with Crippen molar-refractivity contribution in [2.45, 2.75) is 4.90 Å². The van der Waals surface area contributed by atoms with Crippen LogP contribution in [0.5, 0.6) is 5.75 Å². The summed E-state index contributed by atoms with van der Waals surface area (Å²) in [5, 5.41) is 0. The van der Waals surface area contributed by atoms with Gasteiger partial charge in [0, 0.05) is 10.7 Å². The Balaban J connectivity index is 2.13. The fraction of sp³-hybridized carbons (Fsp3) is 0.0667. The second kappa shape index (κ2) is 9.43. The zero-order chi connectivity index (χ0) is 21.2. The van der Waals surface area contributed by atoms with Crippen LogP contribution in [0.4, 0.5) is 8.78 Å². The number of esters is 2. The Labute approximate surface area is 198 Å². The molecule has 2 rings (SSSR count). The fourth-order valence-electron chi connectivity index (χ4n) is 1.88. The number of hydrogen-bond donors (Lipinski definition) is 0. The lowest BCUT2D eigenvalue weighted by atomic mass is 10.2. The van der Waals surface area contributed by atoms with Gasteiger partial charge in [0.2, 0.25) is 0 Å². The van der Waals surface area contributed by atoms with Gasteiger partial charge in [0.1, 0.15) is 20.8 Å². The molecule has 0 aliphatic carbocycles. The summed E-state index contributed by atoms with van der Waals surface area (Å²) in [6.45, 7) is -0.923. The molecule has 0 spiro atoms. The molecule has 2 aromatic rings. The van der Waals surface area contributed by atoms with Crippen LogP contribution in [0, 0.1) is 22.3 Å². The van der Waals surface area contributed by atoms with Gasteiger partial charge in [0.05, 0.1) is 5.56 Å². The lowest BCUT2D eigenvalue weighted by Gasteiger charge is -2.12. The highest BCUT2D eigenvalue weighted by Gasteiger charge is 2.23. The van der Waals surface area contributed by atoms with Crippen molar-refractivity contribution in [3.05, 3.63) is 52.2 Å². The van der Waals surface area contributed by atoms with Crippen molar-refractivity contribution in [3.8, 4) is 5.75 Å². The Bertz CT molecular complexity index is 1070. The number of halogens is 5. The highest BCUT2D eigenvalue weighted by atomic mass is 127. The summed E-state index contributed by atoms with van der Waals surface area (Å²) in [6, 6.07) is 4.46. The summed E-state index contributed by atoms with van der Waals surface area (Å²) >= 11 is 5.95. The van der Waals surface area contributed by atoms with E-state index >= 15 is 0 Å². The Morgan fingerprint density at radius 1 is 1.11 bits per heavy atom. The SMILES string of the molecule is O=C(COC(=O)c1cc(I)cc(I)c1I)Oc1ccc(F)c(S(=O)(=O)[O-])c1F. The zero-order valence-corrected chi connectivity index (χ0v) is 20.5. The first-order valence-corrected chi connectivity index (χ1v) is 11.5. The van der Waals surface area contributed by atoms with Crippen molar-refractivity contribution in [3.63, 3.8) is 0 Å². The van der Waals surface area contributed by atoms with Gasteiger partial charge < -0.3 is 14.0 Å². The maximum atomic E-state index is 14.0.